The lowest BCUT2D eigenvalue weighted by atomic mass is 10.0. The van der Waals surface area contributed by atoms with Crippen LogP contribution in [0.5, 0.6) is 0 Å². The van der Waals surface area contributed by atoms with Crippen LogP contribution < -0.4 is 5.32 Å². The maximum atomic E-state index is 13.8. The third-order valence-electron chi connectivity index (χ3n) is 4.04. The number of benzene rings is 2. The molecule has 7 heteroatoms. The number of anilines is 1. The molecular weight excluding hydrogens is 383 g/mol. The number of ether oxygens (including phenoxy) is 1. The Kier molecular flexibility index (Phi) is 6.01. The van der Waals surface area contributed by atoms with E-state index < -0.39 is 17.6 Å². The van der Waals surface area contributed by atoms with Crippen molar-refractivity contribution in [3.63, 3.8) is 0 Å². The Morgan fingerprint density at radius 3 is 2.57 bits per heavy atom. The molecule has 0 amide bonds. The Hall–Kier alpha value is -3.25. The van der Waals surface area contributed by atoms with Gasteiger partial charge in [-0.2, -0.15) is 0 Å². The van der Waals surface area contributed by atoms with Crippen molar-refractivity contribution in [2.75, 3.05) is 12.4 Å². The van der Waals surface area contributed by atoms with Crippen LogP contribution >= 0.6 is 11.6 Å². The molecule has 1 N–H and O–H groups in total. The summed E-state index contributed by atoms with van der Waals surface area (Å²) in [5, 5.41) is 3.86. The molecule has 1 aromatic heterocycles. The van der Waals surface area contributed by atoms with E-state index in [0.717, 1.165) is 18.7 Å². The molecule has 0 aliphatic rings. The average molecular weight is 399 g/mol. The van der Waals surface area contributed by atoms with Crippen LogP contribution in [0.1, 0.15) is 32.0 Å². The molecule has 28 heavy (non-hydrogen) atoms. The number of pyridine rings is 1. The minimum Gasteiger partial charge on any atom is -0.465 e. The molecule has 5 nitrogen and oxygen atoms in total. The fourth-order valence-electron chi connectivity index (χ4n) is 2.55. The van der Waals surface area contributed by atoms with E-state index in [9.17, 15) is 14.0 Å². The van der Waals surface area contributed by atoms with Gasteiger partial charge in [0.1, 0.15) is 11.5 Å². The van der Waals surface area contributed by atoms with Gasteiger partial charge in [-0.1, -0.05) is 23.7 Å². The normalized spacial score (nSPS) is 10.4. The molecule has 0 saturated heterocycles. The smallest absolute Gasteiger partial charge is 0.340 e. The van der Waals surface area contributed by atoms with Crippen molar-refractivity contribution in [3.8, 4) is 0 Å². The van der Waals surface area contributed by atoms with Gasteiger partial charge >= 0.3 is 5.97 Å². The lowest BCUT2D eigenvalue weighted by Gasteiger charge is -2.09. The summed E-state index contributed by atoms with van der Waals surface area (Å²) in [4.78, 5) is 28.4. The quantitative estimate of drug-likeness (QED) is 0.489. The molecule has 2 aromatic carbocycles. The molecule has 0 unspecified atom stereocenters. The number of nitrogens with zero attached hydrogens (tertiary/aromatic N) is 1. The van der Waals surface area contributed by atoms with Crippen LogP contribution in [0.2, 0.25) is 5.02 Å². The minimum atomic E-state index is -0.849. The van der Waals surface area contributed by atoms with Gasteiger partial charge in [0, 0.05) is 29.0 Å². The summed E-state index contributed by atoms with van der Waals surface area (Å²) >= 11 is 5.87. The van der Waals surface area contributed by atoms with Crippen molar-refractivity contribution in [2.24, 2.45) is 0 Å². The molecule has 3 aromatic rings. The number of carbonyl (C=O) groups is 2. The number of ketones is 1. The summed E-state index contributed by atoms with van der Waals surface area (Å²) in [6, 6.07) is 14.3. The lowest BCUT2D eigenvalue weighted by molar-refractivity contribution is 0.0595. The number of halogens is 2. The largest absolute Gasteiger partial charge is 0.465 e. The van der Waals surface area contributed by atoms with Gasteiger partial charge in [0.15, 0.2) is 0 Å². The molecule has 142 valence electrons. The summed E-state index contributed by atoms with van der Waals surface area (Å²) in [5.41, 5.74) is 1.73. The molecule has 0 saturated carbocycles. The lowest BCUT2D eigenvalue weighted by Crippen LogP contribution is -2.10. The molecule has 1 heterocycles. The first-order valence-electron chi connectivity index (χ1n) is 8.35. The van der Waals surface area contributed by atoms with Crippen molar-refractivity contribution >= 4 is 29.0 Å². The van der Waals surface area contributed by atoms with Gasteiger partial charge in [0.05, 0.1) is 12.7 Å². The number of rotatable bonds is 6. The maximum Gasteiger partial charge on any atom is 0.340 e. The van der Waals surface area contributed by atoms with E-state index in [4.69, 9.17) is 11.6 Å². The predicted molar refractivity (Wildman–Crippen MR) is 104 cm³/mol. The van der Waals surface area contributed by atoms with Gasteiger partial charge in [0.2, 0.25) is 5.78 Å². The molecule has 0 spiro atoms. The van der Waals surface area contributed by atoms with Gasteiger partial charge < -0.3 is 10.1 Å². The first-order chi connectivity index (χ1) is 13.5. The van der Waals surface area contributed by atoms with Gasteiger partial charge in [0.25, 0.3) is 0 Å². The summed E-state index contributed by atoms with van der Waals surface area (Å²) in [5.74, 6) is -2.03. The van der Waals surface area contributed by atoms with E-state index in [1.165, 1.54) is 18.3 Å². The second kappa shape index (κ2) is 8.63. The number of hydrogen-bond acceptors (Lipinski definition) is 5. The third-order valence-corrected chi connectivity index (χ3v) is 4.29. The number of esters is 1. The molecule has 3 rings (SSSR count). The summed E-state index contributed by atoms with van der Waals surface area (Å²) in [6.45, 7) is 0.540. The first kappa shape index (κ1) is 19.5. The second-order valence-corrected chi connectivity index (χ2v) is 6.36. The molecule has 0 radical (unpaired) electrons. The number of nitrogens with one attached hydrogen (secondary N) is 1. The second-order valence-electron chi connectivity index (χ2n) is 5.93. The fraction of sp³-hybridized carbons (Fsp3) is 0.0952. The highest BCUT2D eigenvalue weighted by Gasteiger charge is 2.17. The third kappa shape index (κ3) is 4.53. The van der Waals surface area contributed by atoms with Gasteiger partial charge in [-0.05, 0) is 48.0 Å². The number of methoxy groups -OCH3 is 1. The topological polar surface area (TPSA) is 68.3 Å². The van der Waals surface area contributed by atoms with E-state index >= 15 is 0 Å². The van der Waals surface area contributed by atoms with Crippen LogP contribution in [0.25, 0.3) is 0 Å². The molecule has 0 aliphatic carbocycles. The number of aromatic nitrogens is 1. The number of hydrogen-bond donors (Lipinski definition) is 1. The zero-order valence-corrected chi connectivity index (χ0v) is 15.7. The molecular formula is C21H16ClFN2O3. The van der Waals surface area contributed by atoms with E-state index in [-0.39, 0.29) is 16.8 Å². The zero-order valence-electron chi connectivity index (χ0n) is 14.9. The van der Waals surface area contributed by atoms with Gasteiger partial charge in [-0.3, -0.25) is 9.78 Å². The Morgan fingerprint density at radius 2 is 1.86 bits per heavy atom. The monoisotopic (exact) mass is 398 g/mol. The van der Waals surface area contributed by atoms with E-state index in [2.05, 4.69) is 15.0 Å². The van der Waals surface area contributed by atoms with Gasteiger partial charge in [-0.15, -0.1) is 0 Å². The Labute approximate surface area is 166 Å². The molecule has 0 bridgehead atoms. The average Bonchev–Trinajstić information content (AvgIpc) is 2.73. The van der Waals surface area contributed by atoms with E-state index in [1.807, 2.05) is 12.1 Å². The SMILES string of the molecule is COC(=O)c1cc(C(=O)c2cc(NCc3ccc(Cl)cc3)ccn2)ccc1F. The number of carbonyl (C=O) groups excluding carboxylic acids is 2. The summed E-state index contributed by atoms with van der Waals surface area (Å²) < 4.78 is 18.3. The van der Waals surface area contributed by atoms with Crippen LogP contribution in [-0.4, -0.2) is 23.8 Å². The zero-order chi connectivity index (χ0) is 20.1. The van der Waals surface area contributed by atoms with Crippen LogP contribution in [0, 0.1) is 5.82 Å². The van der Waals surface area contributed by atoms with Crippen molar-refractivity contribution in [2.45, 2.75) is 6.54 Å². The highest BCUT2D eigenvalue weighted by molar-refractivity contribution is 6.30. The summed E-state index contributed by atoms with van der Waals surface area (Å²) in [7, 11) is 1.15. The standard InChI is InChI=1S/C21H16ClFN2O3/c1-28-21(27)17-10-14(4-7-18(17)23)20(26)19-11-16(8-9-24-19)25-12-13-2-5-15(22)6-3-13/h2-11H,12H2,1H3,(H,24,25). The highest BCUT2D eigenvalue weighted by Crippen LogP contribution is 2.18. The van der Waals surface area contributed by atoms with E-state index in [0.29, 0.717) is 17.3 Å². The Balaban J connectivity index is 1.78. The molecule has 0 atom stereocenters. The Bertz CT molecular complexity index is 1020. The van der Waals surface area contributed by atoms with E-state index in [1.54, 1.807) is 24.3 Å². The fourth-order valence-corrected chi connectivity index (χ4v) is 2.68. The van der Waals surface area contributed by atoms with Crippen LogP contribution in [0.4, 0.5) is 10.1 Å². The van der Waals surface area contributed by atoms with Crippen molar-refractivity contribution in [3.05, 3.63) is 94.0 Å². The predicted octanol–water partition coefficient (Wildman–Crippen LogP) is 4.50. The first-order valence-corrected chi connectivity index (χ1v) is 8.72. The van der Waals surface area contributed by atoms with Gasteiger partial charge in [-0.25, -0.2) is 9.18 Å². The van der Waals surface area contributed by atoms with Crippen molar-refractivity contribution in [1.82, 2.24) is 4.98 Å². The maximum absolute atomic E-state index is 13.8. The molecule has 0 aliphatic heterocycles. The minimum absolute atomic E-state index is 0.143. The van der Waals surface area contributed by atoms with Crippen molar-refractivity contribution in [1.29, 1.82) is 0 Å². The molecule has 0 fully saturated rings. The highest BCUT2D eigenvalue weighted by atomic mass is 35.5. The summed E-state index contributed by atoms with van der Waals surface area (Å²) in [6.07, 6.45) is 1.50. The van der Waals surface area contributed by atoms with Crippen LogP contribution in [-0.2, 0) is 11.3 Å². The van der Waals surface area contributed by atoms with Crippen LogP contribution in [0.3, 0.4) is 0 Å². The van der Waals surface area contributed by atoms with Crippen LogP contribution in [0.15, 0.2) is 60.8 Å². The Morgan fingerprint density at radius 1 is 1.11 bits per heavy atom. The van der Waals surface area contributed by atoms with Crippen molar-refractivity contribution < 1.29 is 18.7 Å².